The van der Waals surface area contributed by atoms with E-state index in [1.54, 1.807) is 23.6 Å². The summed E-state index contributed by atoms with van der Waals surface area (Å²) in [4.78, 5) is 27.3. The summed E-state index contributed by atoms with van der Waals surface area (Å²) in [5, 5.41) is 2.95. The first-order valence-electron chi connectivity index (χ1n) is 10.1. The molecule has 2 aromatic carbocycles. The minimum absolute atomic E-state index is 0.0156. The molecule has 156 valence electrons. The third-order valence-electron chi connectivity index (χ3n) is 4.66. The number of amides is 2. The number of hydrogen-bond donors (Lipinski definition) is 1. The van der Waals surface area contributed by atoms with Gasteiger partial charge in [-0.3, -0.25) is 9.59 Å². The summed E-state index contributed by atoms with van der Waals surface area (Å²) in [7, 11) is 0. The quantitative estimate of drug-likeness (QED) is 0.628. The zero-order valence-corrected chi connectivity index (χ0v) is 18.7. The summed E-state index contributed by atoms with van der Waals surface area (Å²) in [6.07, 6.45) is 0. The molecule has 0 saturated heterocycles. The second kappa shape index (κ2) is 11.7. The minimum Gasteiger partial charge on any atom is -0.354 e. The molecule has 0 aliphatic rings. The first kappa shape index (κ1) is 23.0. The smallest absolute Gasteiger partial charge is 0.242 e. The molecule has 29 heavy (non-hydrogen) atoms. The third kappa shape index (κ3) is 7.94. The van der Waals surface area contributed by atoms with Crippen LogP contribution in [0.25, 0.3) is 0 Å². The third-order valence-corrected chi connectivity index (χ3v) is 5.65. The van der Waals surface area contributed by atoms with Gasteiger partial charge in [-0.05, 0) is 30.9 Å². The Kier molecular flexibility index (Phi) is 9.26. The molecule has 2 aromatic rings. The van der Waals surface area contributed by atoms with Crippen molar-refractivity contribution in [3.05, 3.63) is 71.3 Å². The molecule has 1 atom stereocenters. The molecule has 0 aliphatic heterocycles. The molecule has 0 aromatic heterocycles. The van der Waals surface area contributed by atoms with Crippen molar-refractivity contribution in [3.8, 4) is 0 Å². The van der Waals surface area contributed by atoms with E-state index in [0.717, 1.165) is 11.3 Å². The number of rotatable bonds is 10. The van der Waals surface area contributed by atoms with Crippen LogP contribution in [0.3, 0.4) is 0 Å². The summed E-state index contributed by atoms with van der Waals surface area (Å²) >= 11 is 1.58. The van der Waals surface area contributed by atoms with Gasteiger partial charge in [0.05, 0.1) is 5.75 Å². The molecule has 0 spiro atoms. The Balaban J connectivity index is 2.01. The molecule has 2 amide bonds. The van der Waals surface area contributed by atoms with Gasteiger partial charge in [-0.1, -0.05) is 74.0 Å². The van der Waals surface area contributed by atoms with Crippen molar-refractivity contribution >= 4 is 23.6 Å². The Bertz CT molecular complexity index is 775. The molecule has 0 fully saturated rings. The highest BCUT2D eigenvalue weighted by Gasteiger charge is 2.26. The number of nitrogens with zero attached hydrogens (tertiary/aromatic N) is 1. The normalized spacial score (nSPS) is 11.9. The van der Waals surface area contributed by atoms with Crippen LogP contribution in [0.15, 0.2) is 54.6 Å². The fourth-order valence-electron chi connectivity index (χ4n) is 2.84. The number of carbonyl (C=O) groups excluding carboxylic acids is 2. The van der Waals surface area contributed by atoms with Crippen LogP contribution in [-0.4, -0.2) is 35.1 Å². The standard InChI is InChI=1S/C24H32N2O2S/c1-18(2)14-25-24(28)20(4)26(15-21-8-6-5-7-9-21)23(27)17-29-16-22-12-10-19(3)11-13-22/h5-13,18,20H,14-17H2,1-4H3,(H,25,28)/t20-/m0/s1. The molecule has 4 nitrogen and oxygen atoms in total. The Morgan fingerprint density at radius 3 is 2.24 bits per heavy atom. The maximum Gasteiger partial charge on any atom is 0.242 e. The highest BCUT2D eigenvalue weighted by atomic mass is 32.2. The van der Waals surface area contributed by atoms with Gasteiger partial charge < -0.3 is 10.2 Å². The van der Waals surface area contributed by atoms with E-state index >= 15 is 0 Å². The maximum absolute atomic E-state index is 13.0. The Hall–Kier alpha value is -2.27. The monoisotopic (exact) mass is 412 g/mol. The van der Waals surface area contributed by atoms with Crippen molar-refractivity contribution in [1.82, 2.24) is 10.2 Å². The van der Waals surface area contributed by atoms with Crippen LogP contribution >= 0.6 is 11.8 Å². The van der Waals surface area contributed by atoms with Gasteiger partial charge in [0, 0.05) is 18.8 Å². The van der Waals surface area contributed by atoms with Gasteiger partial charge in [0.15, 0.2) is 0 Å². The Morgan fingerprint density at radius 2 is 1.62 bits per heavy atom. The Labute approximate surface area is 179 Å². The number of nitrogens with one attached hydrogen (secondary N) is 1. The van der Waals surface area contributed by atoms with E-state index < -0.39 is 6.04 Å². The summed E-state index contributed by atoms with van der Waals surface area (Å²) in [5.74, 6) is 1.38. The molecule has 0 saturated carbocycles. The maximum atomic E-state index is 13.0. The number of thioether (sulfide) groups is 1. The van der Waals surface area contributed by atoms with Crippen molar-refractivity contribution in [2.24, 2.45) is 5.92 Å². The zero-order valence-electron chi connectivity index (χ0n) is 17.9. The predicted molar refractivity (Wildman–Crippen MR) is 122 cm³/mol. The summed E-state index contributed by atoms with van der Waals surface area (Å²) < 4.78 is 0. The van der Waals surface area contributed by atoms with E-state index in [9.17, 15) is 9.59 Å². The first-order valence-corrected chi connectivity index (χ1v) is 11.3. The lowest BCUT2D eigenvalue weighted by molar-refractivity contribution is -0.138. The highest BCUT2D eigenvalue weighted by Crippen LogP contribution is 2.16. The van der Waals surface area contributed by atoms with Crippen LogP contribution in [0.2, 0.25) is 0 Å². The topological polar surface area (TPSA) is 49.4 Å². The van der Waals surface area contributed by atoms with Gasteiger partial charge in [0.2, 0.25) is 11.8 Å². The average molecular weight is 413 g/mol. The molecule has 2 rings (SSSR count). The number of carbonyl (C=O) groups is 2. The number of aryl methyl sites for hydroxylation is 1. The molecule has 1 N–H and O–H groups in total. The fraction of sp³-hybridized carbons (Fsp3) is 0.417. The fourth-order valence-corrected chi connectivity index (χ4v) is 3.71. The number of benzene rings is 2. The molecule has 0 heterocycles. The van der Waals surface area contributed by atoms with Crippen molar-refractivity contribution in [2.75, 3.05) is 12.3 Å². The molecule has 0 bridgehead atoms. The molecule has 0 radical (unpaired) electrons. The van der Waals surface area contributed by atoms with Crippen molar-refractivity contribution in [3.63, 3.8) is 0 Å². The predicted octanol–water partition coefficient (Wildman–Crippen LogP) is 4.42. The summed E-state index contributed by atoms with van der Waals surface area (Å²) in [6, 6.07) is 17.7. The highest BCUT2D eigenvalue weighted by molar-refractivity contribution is 7.99. The van der Waals surface area contributed by atoms with Crippen LogP contribution in [0.1, 0.15) is 37.5 Å². The van der Waals surface area contributed by atoms with Crippen molar-refractivity contribution in [1.29, 1.82) is 0 Å². The molecular weight excluding hydrogens is 380 g/mol. The zero-order chi connectivity index (χ0) is 21.2. The molecule has 0 unspecified atom stereocenters. The minimum atomic E-state index is -0.513. The van der Waals surface area contributed by atoms with Gasteiger partial charge in [-0.15, -0.1) is 11.8 Å². The van der Waals surface area contributed by atoms with Gasteiger partial charge in [0.1, 0.15) is 6.04 Å². The molecular formula is C24H32N2O2S. The van der Waals surface area contributed by atoms with Gasteiger partial charge in [0.25, 0.3) is 0 Å². The summed E-state index contributed by atoms with van der Waals surface area (Å²) in [5.41, 5.74) is 3.45. The lowest BCUT2D eigenvalue weighted by atomic mass is 10.1. The molecule has 0 aliphatic carbocycles. The first-order chi connectivity index (χ1) is 13.9. The van der Waals surface area contributed by atoms with Crippen molar-refractivity contribution in [2.45, 2.75) is 46.0 Å². The van der Waals surface area contributed by atoms with Gasteiger partial charge in [-0.25, -0.2) is 0 Å². The van der Waals surface area contributed by atoms with Crippen LogP contribution in [0, 0.1) is 12.8 Å². The van der Waals surface area contributed by atoms with Gasteiger partial charge in [-0.2, -0.15) is 0 Å². The molecule has 5 heteroatoms. The van der Waals surface area contributed by atoms with E-state index in [1.165, 1.54) is 11.1 Å². The second-order valence-electron chi connectivity index (χ2n) is 7.80. The lowest BCUT2D eigenvalue weighted by Crippen LogP contribution is -2.48. The van der Waals surface area contributed by atoms with Crippen LogP contribution < -0.4 is 5.32 Å². The lowest BCUT2D eigenvalue weighted by Gasteiger charge is -2.29. The van der Waals surface area contributed by atoms with E-state index in [0.29, 0.717) is 24.8 Å². The van der Waals surface area contributed by atoms with E-state index in [1.807, 2.05) is 30.3 Å². The van der Waals surface area contributed by atoms with Crippen LogP contribution in [-0.2, 0) is 21.9 Å². The van der Waals surface area contributed by atoms with Crippen LogP contribution in [0.4, 0.5) is 0 Å². The Morgan fingerprint density at radius 1 is 0.966 bits per heavy atom. The van der Waals surface area contributed by atoms with E-state index in [4.69, 9.17) is 0 Å². The second-order valence-corrected chi connectivity index (χ2v) is 8.79. The van der Waals surface area contributed by atoms with Crippen LogP contribution in [0.5, 0.6) is 0 Å². The SMILES string of the molecule is Cc1ccc(CSCC(=O)N(Cc2ccccc2)[C@@H](C)C(=O)NCC(C)C)cc1. The van der Waals surface area contributed by atoms with E-state index in [-0.39, 0.29) is 11.8 Å². The van der Waals surface area contributed by atoms with E-state index in [2.05, 4.69) is 50.4 Å². The largest absolute Gasteiger partial charge is 0.354 e. The average Bonchev–Trinajstić information content (AvgIpc) is 2.71. The van der Waals surface area contributed by atoms with Crippen molar-refractivity contribution < 1.29 is 9.59 Å². The summed E-state index contributed by atoms with van der Waals surface area (Å²) in [6.45, 7) is 9.02. The van der Waals surface area contributed by atoms with Gasteiger partial charge >= 0.3 is 0 Å². The number of hydrogen-bond acceptors (Lipinski definition) is 3.